The number of aryl methyl sites for hydroxylation is 1. The van der Waals surface area contributed by atoms with E-state index in [1.54, 1.807) is 12.1 Å². The molecule has 1 heterocycles. The third kappa shape index (κ3) is 1.20. The van der Waals surface area contributed by atoms with E-state index in [0.717, 1.165) is 22.2 Å². The van der Waals surface area contributed by atoms with Gasteiger partial charge >= 0.3 is 0 Å². The van der Waals surface area contributed by atoms with Crippen LogP contribution in [-0.2, 0) is 6.54 Å². The summed E-state index contributed by atoms with van der Waals surface area (Å²) < 4.78 is 5.08. The number of aromatic nitrogens is 1. The van der Waals surface area contributed by atoms with Crippen LogP contribution in [0.5, 0.6) is 0 Å². The molecule has 0 amide bonds. The Kier molecular flexibility index (Phi) is 1.98. The van der Waals surface area contributed by atoms with E-state index >= 15 is 0 Å². The molecular formula is C9H9ClN2O. The number of nitrogens with zero attached hydrogens (tertiary/aromatic N) is 1. The SMILES string of the molecule is Cc1noc2ccc(Cl)c(CN)c12. The van der Waals surface area contributed by atoms with Crippen molar-refractivity contribution in [2.24, 2.45) is 5.73 Å². The summed E-state index contributed by atoms with van der Waals surface area (Å²) in [4.78, 5) is 0. The van der Waals surface area contributed by atoms with Crippen LogP contribution < -0.4 is 5.73 Å². The zero-order chi connectivity index (χ0) is 9.42. The van der Waals surface area contributed by atoms with Crippen LogP contribution >= 0.6 is 11.6 Å². The van der Waals surface area contributed by atoms with E-state index in [-0.39, 0.29) is 0 Å². The van der Waals surface area contributed by atoms with Gasteiger partial charge < -0.3 is 10.3 Å². The Balaban J connectivity index is 2.88. The Morgan fingerprint density at radius 2 is 2.31 bits per heavy atom. The van der Waals surface area contributed by atoms with Gasteiger partial charge in [0.05, 0.1) is 11.1 Å². The number of nitrogens with two attached hydrogens (primary N) is 1. The monoisotopic (exact) mass is 196 g/mol. The highest BCUT2D eigenvalue weighted by Crippen LogP contribution is 2.27. The second-order valence-electron chi connectivity index (χ2n) is 2.87. The summed E-state index contributed by atoms with van der Waals surface area (Å²) in [5.41, 5.74) is 8.06. The van der Waals surface area contributed by atoms with Gasteiger partial charge in [-0.3, -0.25) is 0 Å². The van der Waals surface area contributed by atoms with Crippen LogP contribution in [0.2, 0.25) is 5.02 Å². The Morgan fingerprint density at radius 3 is 3.00 bits per heavy atom. The molecule has 0 radical (unpaired) electrons. The van der Waals surface area contributed by atoms with Crippen molar-refractivity contribution in [2.45, 2.75) is 13.5 Å². The van der Waals surface area contributed by atoms with E-state index in [4.69, 9.17) is 21.9 Å². The van der Waals surface area contributed by atoms with E-state index in [1.165, 1.54) is 0 Å². The fraction of sp³-hybridized carbons (Fsp3) is 0.222. The van der Waals surface area contributed by atoms with Gasteiger partial charge in [0.15, 0.2) is 5.58 Å². The molecule has 1 aromatic heterocycles. The first kappa shape index (κ1) is 8.53. The van der Waals surface area contributed by atoms with Crippen molar-refractivity contribution in [3.63, 3.8) is 0 Å². The zero-order valence-corrected chi connectivity index (χ0v) is 7.93. The molecule has 4 heteroatoms. The zero-order valence-electron chi connectivity index (χ0n) is 7.17. The minimum absolute atomic E-state index is 0.401. The molecule has 0 bridgehead atoms. The van der Waals surface area contributed by atoms with Crippen molar-refractivity contribution in [1.29, 1.82) is 0 Å². The van der Waals surface area contributed by atoms with Crippen LogP contribution in [0.1, 0.15) is 11.3 Å². The van der Waals surface area contributed by atoms with Crippen molar-refractivity contribution >= 4 is 22.6 Å². The molecule has 0 saturated heterocycles. The normalized spacial score (nSPS) is 11.0. The molecule has 13 heavy (non-hydrogen) atoms. The fourth-order valence-electron chi connectivity index (χ4n) is 1.44. The quantitative estimate of drug-likeness (QED) is 0.761. The van der Waals surface area contributed by atoms with Crippen LogP contribution in [0.15, 0.2) is 16.7 Å². The lowest BCUT2D eigenvalue weighted by Crippen LogP contribution is -1.98. The largest absolute Gasteiger partial charge is 0.356 e. The molecular weight excluding hydrogens is 188 g/mol. The number of hydrogen-bond donors (Lipinski definition) is 1. The van der Waals surface area contributed by atoms with Gasteiger partial charge in [0.2, 0.25) is 0 Å². The highest BCUT2D eigenvalue weighted by Gasteiger charge is 2.10. The number of benzene rings is 1. The molecule has 0 fully saturated rings. The number of rotatable bonds is 1. The average Bonchev–Trinajstić information content (AvgIpc) is 2.49. The van der Waals surface area contributed by atoms with Crippen LogP contribution in [0, 0.1) is 6.92 Å². The molecule has 0 aliphatic rings. The van der Waals surface area contributed by atoms with E-state index < -0.39 is 0 Å². The lowest BCUT2D eigenvalue weighted by molar-refractivity contribution is 0.450. The summed E-state index contributed by atoms with van der Waals surface area (Å²) in [6.07, 6.45) is 0. The van der Waals surface area contributed by atoms with Gasteiger partial charge in [-0.25, -0.2) is 0 Å². The summed E-state index contributed by atoms with van der Waals surface area (Å²) in [5, 5.41) is 5.46. The summed E-state index contributed by atoms with van der Waals surface area (Å²) in [5.74, 6) is 0. The molecule has 2 aromatic rings. The van der Waals surface area contributed by atoms with Gasteiger partial charge in [0, 0.05) is 11.6 Å². The molecule has 1 aromatic carbocycles. The van der Waals surface area contributed by atoms with Crippen LogP contribution in [-0.4, -0.2) is 5.16 Å². The first-order valence-corrected chi connectivity index (χ1v) is 4.35. The highest BCUT2D eigenvalue weighted by atomic mass is 35.5. The number of fused-ring (bicyclic) bond motifs is 1. The van der Waals surface area contributed by atoms with Gasteiger partial charge in [-0.15, -0.1) is 0 Å². The molecule has 68 valence electrons. The maximum absolute atomic E-state index is 5.98. The second kappa shape index (κ2) is 3.01. The molecule has 0 spiro atoms. The minimum atomic E-state index is 0.401. The maximum atomic E-state index is 5.98. The summed E-state index contributed by atoms with van der Waals surface area (Å²) in [6, 6.07) is 3.58. The number of halogens is 1. The standard InChI is InChI=1S/C9H9ClN2O/c1-5-9-6(4-11)7(10)2-3-8(9)13-12-5/h2-3H,4,11H2,1H3. The Hall–Kier alpha value is -1.06. The van der Waals surface area contributed by atoms with E-state index in [0.29, 0.717) is 11.6 Å². The lowest BCUT2D eigenvalue weighted by Gasteiger charge is -2.01. The highest BCUT2D eigenvalue weighted by molar-refractivity contribution is 6.32. The molecule has 0 aliphatic carbocycles. The van der Waals surface area contributed by atoms with Gasteiger partial charge in [-0.05, 0) is 24.6 Å². The fourth-order valence-corrected chi connectivity index (χ4v) is 1.67. The van der Waals surface area contributed by atoms with Gasteiger partial charge in [0.1, 0.15) is 0 Å². The first-order valence-electron chi connectivity index (χ1n) is 3.97. The third-order valence-electron chi connectivity index (χ3n) is 2.06. The molecule has 0 atom stereocenters. The number of hydrogen-bond acceptors (Lipinski definition) is 3. The molecule has 2 rings (SSSR count). The van der Waals surface area contributed by atoms with E-state index in [2.05, 4.69) is 5.16 Å². The third-order valence-corrected chi connectivity index (χ3v) is 2.42. The molecule has 2 N–H and O–H groups in total. The van der Waals surface area contributed by atoms with Crippen molar-refractivity contribution in [3.05, 3.63) is 28.4 Å². The second-order valence-corrected chi connectivity index (χ2v) is 3.28. The maximum Gasteiger partial charge on any atom is 0.167 e. The summed E-state index contributed by atoms with van der Waals surface area (Å²) in [7, 11) is 0. The Morgan fingerprint density at radius 1 is 1.54 bits per heavy atom. The lowest BCUT2D eigenvalue weighted by atomic mass is 10.1. The van der Waals surface area contributed by atoms with Crippen molar-refractivity contribution in [3.8, 4) is 0 Å². The van der Waals surface area contributed by atoms with Gasteiger partial charge in [0.25, 0.3) is 0 Å². The van der Waals surface area contributed by atoms with Crippen LogP contribution in [0.25, 0.3) is 11.0 Å². The smallest absolute Gasteiger partial charge is 0.167 e. The Labute approximate surface area is 80.5 Å². The van der Waals surface area contributed by atoms with E-state index in [1.807, 2.05) is 6.92 Å². The molecule has 0 aliphatic heterocycles. The Bertz CT molecular complexity index is 450. The van der Waals surface area contributed by atoms with Crippen LogP contribution in [0.4, 0.5) is 0 Å². The molecule has 0 saturated carbocycles. The van der Waals surface area contributed by atoms with Crippen molar-refractivity contribution in [1.82, 2.24) is 5.16 Å². The summed E-state index contributed by atoms with van der Waals surface area (Å²) >= 11 is 5.98. The van der Waals surface area contributed by atoms with Gasteiger partial charge in [-0.1, -0.05) is 16.8 Å². The predicted octanol–water partition coefficient (Wildman–Crippen LogP) is 2.25. The van der Waals surface area contributed by atoms with Crippen LogP contribution in [0.3, 0.4) is 0 Å². The summed E-state index contributed by atoms with van der Waals surface area (Å²) in [6.45, 7) is 2.28. The van der Waals surface area contributed by atoms with Crippen molar-refractivity contribution < 1.29 is 4.52 Å². The predicted molar refractivity (Wildman–Crippen MR) is 51.6 cm³/mol. The van der Waals surface area contributed by atoms with E-state index in [9.17, 15) is 0 Å². The first-order chi connectivity index (χ1) is 6.24. The topological polar surface area (TPSA) is 52.0 Å². The molecule has 3 nitrogen and oxygen atoms in total. The minimum Gasteiger partial charge on any atom is -0.356 e. The average molecular weight is 197 g/mol. The van der Waals surface area contributed by atoms with Gasteiger partial charge in [-0.2, -0.15) is 0 Å². The van der Waals surface area contributed by atoms with Crippen molar-refractivity contribution in [2.75, 3.05) is 0 Å². The molecule has 0 unspecified atom stereocenters.